The molecule has 0 bridgehead atoms. The van der Waals surface area contributed by atoms with Crippen LogP contribution in [0.3, 0.4) is 0 Å². The van der Waals surface area contributed by atoms with E-state index in [4.69, 9.17) is 14.2 Å². The molecule has 3 atom stereocenters. The number of aliphatic hydroxyl groups excluding tert-OH is 1. The number of methoxy groups -OCH3 is 1. The molecule has 0 amide bonds. The second-order valence-corrected chi connectivity index (χ2v) is 7.46. The third kappa shape index (κ3) is 5.68. The minimum Gasteiger partial charge on any atom is -0.497 e. The van der Waals surface area contributed by atoms with Gasteiger partial charge in [-0.25, -0.2) is 0 Å². The summed E-state index contributed by atoms with van der Waals surface area (Å²) in [5.74, 6) is 0.886. The minimum absolute atomic E-state index is 0.215. The molecule has 2 fully saturated rings. The Bertz CT molecular complexity index is 515. The molecule has 3 rings (SSSR count). The van der Waals surface area contributed by atoms with Crippen molar-refractivity contribution >= 4 is 0 Å². The standard InChI is InChI=1S/C21H33NO4/c1-24-19-10-8-17(9-11-19)21-7-3-2-4-12-22(21)14-18(23)15-25-16-20-6-5-13-26-20/h8-11,18,20-21,23H,2-7,12-16H2,1H3. The van der Waals surface area contributed by atoms with Gasteiger partial charge in [0, 0.05) is 19.2 Å². The van der Waals surface area contributed by atoms with E-state index in [1.807, 2.05) is 12.1 Å². The molecule has 0 aromatic heterocycles. The molecule has 0 saturated carbocycles. The monoisotopic (exact) mass is 363 g/mol. The average Bonchev–Trinajstić information content (AvgIpc) is 3.07. The van der Waals surface area contributed by atoms with E-state index in [-0.39, 0.29) is 6.10 Å². The molecule has 1 aromatic rings. The third-order valence-electron chi connectivity index (χ3n) is 5.45. The summed E-state index contributed by atoms with van der Waals surface area (Å²) in [5, 5.41) is 10.5. The Labute approximate surface area is 157 Å². The molecule has 5 nitrogen and oxygen atoms in total. The highest BCUT2D eigenvalue weighted by Crippen LogP contribution is 2.31. The molecule has 1 aromatic carbocycles. The van der Waals surface area contributed by atoms with Crippen molar-refractivity contribution in [2.45, 2.75) is 56.8 Å². The van der Waals surface area contributed by atoms with Crippen LogP contribution in [0.4, 0.5) is 0 Å². The molecule has 2 saturated heterocycles. The maximum Gasteiger partial charge on any atom is 0.118 e. The van der Waals surface area contributed by atoms with Gasteiger partial charge >= 0.3 is 0 Å². The number of likely N-dealkylation sites (tertiary alicyclic amines) is 1. The second-order valence-electron chi connectivity index (χ2n) is 7.46. The van der Waals surface area contributed by atoms with E-state index in [9.17, 15) is 5.11 Å². The molecule has 3 unspecified atom stereocenters. The van der Waals surface area contributed by atoms with Crippen molar-refractivity contribution in [3.8, 4) is 5.75 Å². The van der Waals surface area contributed by atoms with Crippen LogP contribution in [-0.4, -0.2) is 62.2 Å². The second kappa shape index (κ2) is 10.3. The van der Waals surface area contributed by atoms with Gasteiger partial charge in [-0.3, -0.25) is 4.90 Å². The molecule has 0 aliphatic carbocycles. The van der Waals surface area contributed by atoms with E-state index < -0.39 is 6.10 Å². The lowest BCUT2D eigenvalue weighted by atomic mass is 10.0. The van der Waals surface area contributed by atoms with Gasteiger partial charge in [0.1, 0.15) is 5.75 Å². The minimum atomic E-state index is -0.463. The number of hydrogen-bond donors (Lipinski definition) is 1. The topological polar surface area (TPSA) is 51.2 Å². The summed E-state index contributed by atoms with van der Waals surface area (Å²) in [7, 11) is 1.69. The highest BCUT2D eigenvalue weighted by molar-refractivity contribution is 5.29. The van der Waals surface area contributed by atoms with Gasteiger partial charge in [0.2, 0.25) is 0 Å². The van der Waals surface area contributed by atoms with Gasteiger partial charge in [0.15, 0.2) is 0 Å². The Morgan fingerprint density at radius 2 is 2.00 bits per heavy atom. The van der Waals surface area contributed by atoms with E-state index in [2.05, 4.69) is 17.0 Å². The van der Waals surface area contributed by atoms with E-state index in [1.54, 1.807) is 7.11 Å². The van der Waals surface area contributed by atoms with Crippen LogP contribution in [0, 0.1) is 0 Å². The third-order valence-corrected chi connectivity index (χ3v) is 5.45. The van der Waals surface area contributed by atoms with Gasteiger partial charge in [-0.05, 0) is 49.9 Å². The van der Waals surface area contributed by atoms with Crippen molar-refractivity contribution in [1.82, 2.24) is 4.90 Å². The maximum absolute atomic E-state index is 10.5. The van der Waals surface area contributed by atoms with Gasteiger partial charge in [0.05, 0.1) is 32.5 Å². The smallest absolute Gasteiger partial charge is 0.118 e. The lowest BCUT2D eigenvalue weighted by Crippen LogP contribution is -2.38. The van der Waals surface area contributed by atoms with Crippen LogP contribution in [0.15, 0.2) is 24.3 Å². The van der Waals surface area contributed by atoms with Gasteiger partial charge in [0.25, 0.3) is 0 Å². The van der Waals surface area contributed by atoms with E-state index in [0.717, 1.165) is 38.2 Å². The highest BCUT2D eigenvalue weighted by Gasteiger charge is 2.25. The van der Waals surface area contributed by atoms with E-state index in [1.165, 1.54) is 24.8 Å². The molecule has 1 N–H and O–H groups in total. The fourth-order valence-electron chi connectivity index (χ4n) is 4.02. The molecular formula is C21H33NO4. The molecule has 26 heavy (non-hydrogen) atoms. The van der Waals surface area contributed by atoms with E-state index >= 15 is 0 Å². The zero-order valence-electron chi connectivity index (χ0n) is 15.9. The van der Waals surface area contributed by atoms with Gasteiger partial charge in [-0.15, -0.1) is 0 Å². The number of hydrogen-bond acceptors (Lipinski definition) is 5. The Balaban J connectivity index is 1.53. The zero-order chi connectivity index (χ0) is 18.2. The number of β-amino-alcohol motifs (C(OH)–C–C–N with tert-alkyl or cyclic N) is 1. The lowest BCUT2D eigenvalue weighted by Gasteiger charge is -2.32. The van der Waals surface area contributed by atoms with Crippen LogP contribution >= 0.6 is 0 Å². The van der Waals surface area contributed by atoms with Crippen molar-refractivity contribution < 1.29 is 19.3 Å². The summed E-state index contributed by atoms with van der Waals surface area (Å²) >= 11 is 0. The van der Waals surface area contributed by atoms with Crippen molar-refractivity contribution in [3.63, 3.8) is 0 Å². The first kappa shape index (κ1) is 19.6. The molecular weight excluding hydrogens is 330 g/mol. The SMILES string of the molecule is COc1ccc(C2CCCCCN2CC(O)COCC2CCCO2)cc1. The number of rotatable bonds is 8. The average molecular weight is 363 g/mol. The quantitative estimate of drug-likeness (QED) is 0.769. The number of nitrogens with zero attached hydrogens (tertiary/aromatic N) is 1. The summed E-state index contributed by atoms with van der Waals surface area (Å²) in [5.41, 5.74) is 1.31. The van der Waals surface area contributed by atoms with Gasteiger partial charge < -0.3 is 19.3 Å². The Morgan fingerprint density at radius 3 is 2.73 bits per heavy atom. The van der Waals surface area contributed by atoms with Crippen molar-refractivity contribution in [1.29, 1.82) is 0 Å². The summed E-state index contributed by atoms with van der Waals surface area (Å²) in [6, 6.07) is 8.72. The van der Waals surface area contributed by atoms with Crippen LogP contribution in [0.1, 0.15) is 50.1 Å². The molecule has 0 spiro atoms. The number of benzene rings is 1. The predicted molar refractivity (Wildman–Crippen MR) is 102 cm³/mol. The fourth-order valence-corrected chi connectivity index (χ4v) is 4.02. The van der Waals surface area contributed by atoms with Crippen molar-refractivity contribution in [3.05, 3.63) is 29.8 Å². The molecule has 2 heterocycles. The number of aliphatic hydroxyl groups is 1. The molecule has 5 heteroatoms. The van der Waals surface area contributed by atoms with Crippen LogP contribution in [0.25, 0.3) is 0 Å². The van der Waals surface area contributed by atoms with Crippen LogP contribution in [-0.2, 0) is 9.47 Å². The molecule has 2 aliphatic rings. The normalized spacial score (nSPS) is 25.8. The van der Waals surface area contributed by atoms with Crippen LogP contribution < -0.4 is 4.74 Å². The number of ether oxygens (including phenoxy) is 3. The summed E-state index contributed by atoms with van der Waals surface area (Å²) < 4.78 is 16.6. The predicted octanol–water partition coefficient (Wildman–Crippen LogP) is 3.17. The Morgan fingerprint density at radius 1 is 1.15 bits per heavy atom. The first-order valence-electron chi connectivity index (χ1n) is 10.0. The highest BCUT2D eigenvalue weighted by atomic mass is 16.5. The summed E-state index contributed by atoms with van der Waals surface area (Å²) in [6.07, 6.45) is 6.76. The fraction of sp³-hybridized carbons (Fsp3) is 0.714. The Kier molecular flexibility index (Phi) is 7.74. The zero-order valence-corrected chi connectivity index (χ0v) is 15.9. The van der Waals surface area contributed by atoms with Crippen LogP contribution in [0.2, 0.25) is 0 Å². The summed E-state index contributed by atoms with van der Waals surface area (Å²) in [6.45, 7) is 3.50. The van der Waals surface area contributed by atoms with Crippen LogP contribution in [0.5, 0.6) is 5.75 Å². The van der Waals surface area contributed by atoms with Gasteiger partial charge in [-0.2, -0.15) is 0 Å². The van der Waals surface area contributed by atoms with E-state index in [0.29, 0.717) is 25.8 Å². The maximum atomic E-state index is 10.5. The lowest BCUT2D eigenvalue weighted by molar-refractivity contribution is -0.0286. The van der Waals surface area contributed by atoms with Crippen molar-refractivity contribution in [2.24, 2.45) is 0 Å². The first-order chi connectivity index (χ1) is 12.8. The molecule has 146 valence electrons. The Hall–Kier alpha value is -1.14. The first-order valence-corrected chi connectivity index (χ1v) is 10.0. The van der Waals surface area contributed by atoms with Crippen molar-refractivity contribution in [2.75, 3.05) is 40.0 Å². The van der Waals surface area contributed by atoms with Gasteiger partial charge in [-0.1, -0.05) is 25.0 Å². The summed E-state index contributed by atoms with van der Waals surface area (Å²) in [4.78, 5) is 2.43. The molecule has 2 aliphatic heterocycles. The molecule has 0 radical (unpaired) electrons. The largest absolute Gasteiger partial charge is 0.497 e.